The van der Waals surface area contributed by atoms with Gasteiger partial charge in [-0.05, 0) is 25.0 Å². The maximum absolute atomic E-state index is 12.6. The molecule has 160 valence electrons. The second kappa shape index (κ2) is 10.2. The van der Waals surface area contributed by atoms with E-state index in [1.54, 1.807) is 0 Å². The summed E-state index contributed by atoms with van der Waals surface area (Å²) in [4.78, 5) is 19.4. The third-order valence-corrected chi connectivity index (χ3v) is 5.92. The third kappa shape index (κ3) is 5.55. The summed E-state index contributed by atoms with van der Waals surface area (Å²) >= 11 is 0. The van der Waals surface area contributed by atoms with Crippen molar-refractivity contribution < 1.29 is 14.3 Å². The zero-order chi connectivity index (χ0) is 19.9. The standard InChI is InChI=1S/C20H32N6O3/c27-20(21-5-7-24-8-12-28-13-9-24)17-2-1-6-26(16-17)19-4-3-18(22-23-19)25-10-14-29-15-11-25/h3-4,17H,1-2,5-16H2,(H,21,27). The molecule has 4 rings (SSSR count). The van der Waals surface area contributed by atoms with Gasteiger partial charge in [-0.15, -0.1) is 10.2 Å². The maximum Gasteiger partial charge on any atom is 0.224 e. The molecule has 0 saturated carbocycles. The van der Waals surface area contributed by atoms with Gasteiger partial charge in [-0.25, -0.2) is 0 Å². The molecular weight excluding hydrogens is 372 g/mol. The van der Waals surface area contributed by atoms with Gasteiger partial charge in [0.2, 0.25) is 5.91 Å². The van der Waals surface area contributed by atoms with Crippen molar-refractivity contribution in [3.8, 4) is 0 Å². The molecule has 9 heteroatoms. The van der Waals surface area contributed by atoms with Crippen molar-refractivity contribution in [2.45, 2.75) is 12.8 Å². The van der Waals surface area contributed by atoms with E-state index in [1.165, 1.54) is 0 Å². The van der Waals surface area contributed by atoms with Crippen LogP contribution in [0.25, 0.3) is 0 Å². The minimum Gasteiger partial charge on any atom is -0.379 e. The van der Waals surface area contributed by atoms with E-state index in [4.69, 9.17) is 9.47 Å². The molecule has 9 nitrogen and oxygen atoms in total. The first-order valence-electron chi connectivity index (χ1n) is 10.8. The molecule has 3 aliphatic heterocycles. The summed E-state index contributed by atoms with van der Waals surface area (Å²) in [6.45, 7) is 9.86. The molecule has 3 fully saturated rings. The van der Waals surface area contributed by atoms with E-state index in [1.807, 2.05) is 12.1 Å². The van der Waals surface area contributed by atoms with Crippen LogP contribution in [0.4, 0.5) is 11.6 Å². The molecule has 0 spiro atoms. The van der Waals surface area contributed by atoms with E-state index < -0.39 is 0 Å². The first kappa shape index (κ1) is 20.3. The van der Waals surface area contributed by atoms with Crippen molar-refractivity contribution in [1.82, 2.24) is 20.4 Å². The number of rotatable bonds is 6. The smallest absolute Gasteiger partial charge is 0.224 e. The average molecular weight is 405 g/mol. The van der Waals surface area contributed by atoms with Crippen molar-refractivity contribution in [3.05, 3.63) is 12.1 Å². The number of hydrogen-bond acceptors (Lipinski definition) is 8. The summed E-state index contributed by atoms with van der Waals surface area (Å²) in [5.41, 5.74) is 0. The van der Waals surface area contributed by atoms with Gasteiger partial charge in [0.15, 0.2) is 11.6 Å². The Kier molecular flexibility index (Phi) is 7.13. The van der Waals surface area contributed by atoms with Gasteiger partial charge < -0.3 is 24.6 Å². The van der Waals surface area contributed by atoms with Crippen LogP contribution in [0.15, 0.2) is 12.1 Å². The Morgan fingerprint density at radius 1 is 0.966 bits per heavy atom. The summed E-state index contributed by atoms with van der Waals surface area (Å²) in [6, 6.07) is 4.05. The second-order valence-electron chi connectivity index (χ2n) is 7.88. The van der Waals surface area contributed by atoms with Crippen LogP contribution in [0.3, 0.4) is 0 Å². The molecule has 0 bridgehead atoms. The summed E-state index contributed by atoms with van der Waals surface area (Å²) in [5, 5.41) is 12.0. The fourth-order valence-corrected chi connectivity index (χ4v) is 4.15. The highest BCUT2D eigenvalue weighted by Gasteiger charge is 2.27. The van der Waals surface area contributed by atoms with Crippen LogP contribution in [-0.4, -0.2) is 99.8 Å². The van der Waals surface area contributed by atoms with Crippen molar-refractivity contribution in [2.24, 2.45) is 5.92 Å². The molecule has 1 atom stereocenters. The Balaban J connectivity index is 1.25. The van der Waals surface area contributed by atoms with Crippen molar-refractivity contribution >= 4 is 17.5 Å². The van der Waals surface area contributed by atoms with Crippen LogP contribution in [0, 0.1) is 5.92 Å². The highest BCUT2D eigenvalue weighted by Crippen LogP contribution is 2.23. The normalized spacial score (nSPS) is 23.8. The zero-order valence-corrected chi connectivity index (χ0v) is 17.1. The van der Waals surface area contributed by atoms with E-state index in [-0.39, 0.29) is 11.8 Å². The lowest BCUT2D eigenvalue weighted by Gasteiger charge is -2.33. The Morgan fingerprint density at radius 2 is 1.62 bits per heavy atom. The van der Waals surface area contributed by atoms with Gasteiger partial charge in [0.1, 0.15) is 0 Å². The first-order valence-corrected chi connectivity index (χ1v) is 10.8. The largest absolute Gasteiger partial charge is 0.379 e. The minimum absolute atomic E-state index is 0.00848. The van der Waals surface area contributed by atoms with Gasteiger partial charge in [-0.3, -0.25) is 9.69 Å². The lowest BCUT2D eigenvalue weighted by molar-refractivity contribution is -0.125. The number of hydrogen-bond donors (Lipinski definition) is 1. The van der Waals surface area contributed by atoms with Crippen LogP contribution in [0.2, 0.25) is 0 Å². The molecule has 1 N–H and O–H groups in total. The monoisotopic (exact) mass is 404 g/mol. The number of anilines is 2. The number of carbonyl (C=O) groups excluding carboxylic acids is 1. The zero-order valence-electron chi connectivity index (χ0n) is 17.1. The Labute approximate surface area is 172 Å². The number of nitrogens with zero attached hydrogens (tertiary/aromatic N) is 5. The van der Waals surface area contributed by atoms with Gasteiger partial charge in [0.05, 0.1) is 32.3 Å². The molecule has 1 amide bonds. The fourth-order valence-electron chi connectivity index (χ4n) is 4.15. The molecule has 0 aromatic carbocycles. The summed E-state index contributed by atoms with van der Waals surface area (Å²) in [7, 11) is 0. The summed E-state index contributed by atoms with van der Waals surface area (Å²) < 4.78 is 10.8. The predicted octanol–water partition coefficient (Wildman–Crippen LogP) is -0.0220. The molecule has 3 aliphatic rings. The first-order chi connectivity index (χ1) is 14.3. The van der Waals surface area contributed by atoms with Crippen molar-refractivity contribution in [3.63, 3.8) is 0 Å². The lowest BCUT2D eigenvalue weighted by atomic mass is 9.97. The summed E-state index contributed by atoms with van der Waals surface area (Å²) in [6.07, 6.45) is 1.92. The van der Waals surface area contributed by atoms with E-state index in [0.29, 0.717) is 13.1 Å². The summed E-state index contributed by atoms with van der Waals surface area (Å²) in [5.74, 6) is 1.91. The van der Waals surface area contributed by atoms with Crippen molar-refractivity contribution in [2.75, 3.05) is 88.6 Å². The van der Waals surface area contributed by atoms with E-state index in [0.717, 1.165) is 90.2 Å². The van der Waals surface area contributed by atoms with E-state index in [2.05, 4.69) is 30.2 Å². The quantitative estimate of drug-likeness (QED) is 0.708. The molecule has 29 heavy (non-hydrogen) atoms. The predicted molar refractivity (Wildman–Crippen MR) is 110 cm³/mol. The Bertz CT molecular complexity index is 646. The van der Waals surface area contributed by atoms with Crippen molar-refractivity contribution in [1.29, 1.82) is 0 Å². The third-order valence-electron chi connectivity index (χ3n) is 5.92. The fraction of sp³-hybridized carbons (Fsp3) is 0.750. The number of nitrogens with one attached hydrogen (secondary N) is 1. The van der Waals surface area contributed by atoms with Crippen LogP contribution >= 0.6 is 0 Å². The maximum atomic E-state index is 12.6. The number of aromatic nitrogens is 2. The van der Waals surface area contributed by atoms with Gasteiger partial charge in [0.25, 0.3) is 0 Å². The van der Waals surface area contributed by atoms with Gasteiger partial charge >= 0.3 is 0 Å². The number of carbonyl (C=O) groups is 1. The molecule has 3 saturated heterocycles. The molecule has 0 radical (unpaired) electrons. The molecule has 1 unspecified atom stereocenters. The molecular formula is C20H32N6O3. The van der Waals surface area contributed by atoms with Gasteiger partial charge in [-0.1, -0.05) is 0 Å². The Morgan fingerprint density at radius 3 is 2.31 bits per heavy atom. The molecule has 0 aliphatic carbocycles. The van der Waals surface area contributed by atoms with Gasteiger partial charge in [0, 0.05) is 52.4 Å². The van der Waals surface area contributed by atoms with E-state index in [9.17, 15) is 4.79 Å². The lowest BCUT2D eigenvalue weighted by Crippen LogP contribution is -2.46. The average Bonchev–Trinajstić information content (AvgIpc) is 2.80. The minimum atomic E-state index is 0.00848. The molecule has 1 aromatic heterocycles. The van der Waals surface area contributed by atoms with E-state index >= 15 is 0 Å². The van der Waals surface area contributed by atoms with Crippen LogP contribution in [0.1, 0.15) is 12.8 Å². The van der Waals surface area contributed by atoms with Crippen LogP contribution in [-0.2, 0) is 14.3 Å². The van der Waals surface area contributed by atoms with Gasteiger partial charge in [-0.2, -0.15) is 0 Å². The topological polar surface area (TPSA) is 83.1 Å². The highest BCUT2D eigenvalue weighted by molar-refractivity contribution is 5.79. The number of ether oxygens (including phenoxy) is 2. The van der Waals surface area contributed by atoms with Crippen LogP contribution in [0.5, 0.6) is 0 Å². The molecule has 1 aromatic rings. The number of morpholine rings is 2. The SMILES string of the molecule is O=C(NCCN1CCOCC1)C1CCCN(c2ccc(N3CCOCC3)nn2)C1. The number of piperidine rings is 1. The molecule has 4 heterocycles. The Hall–Kier alpha value is -1.97. The van der Waals surface area contributed by atoms with Crippen LogP contribution < -0.4 is 15.1 Å². The number of amides is 1. The second-order valence-corrected chi connectivity index (χ2v) is 7.88. The highest BCUT2D eigenvalue weighted by atomic mass is 16.5.